The highest BCUT2D eigenvalue weighted by molar-refractivity contribution is 6.39. The zero-order chi connectivity index (χ0) is 18.4. The lowest BCUT2D eigenvalue weighted by atomic mass is 9.94. The summed E-state index contributed by atoms with van der Waals surface area (Å²) in [7, 11) is 0. The van der Waals surface area contributed by atoms with Crippen LogP contribution in [0.3, 0.4) is 0 Å². The van der Waals surface area contributed by atoms with Crippen LogP contribution in [0.25, 0.3) is 0 Å². The zero-order valence-electron chi connectivity index (χ0n) is 15.1. The zero-order valence-corrected chi connectivity index (χ0v) is 15.1. The van der Waals surface area contributed by atoms with Crippen molar-refractivity contribution < 1.29 is 23.8 Å². The SMILES string of the molecule is CCOc1ccccc1NC(=O)C(=O)NCC1COC2(CCCCC2)O1. The number of nitrogens with one attached hydrogen (secondary N) is 2. The Labute approximate surface area is 153 Å². The fraction of sp³-hybridized carbons (Fsp3) is 0.579. The summed E-state index contributed by atoms with van der Waals surface area (Å²) >= 11 is 0. The highest BCUT2D eigenvalue weighted by Crippen LogP contribution is 2.37. The Kier molecular flexibility index (Phi) is 6.11. The molecule has 0 bridgehead atoms. The summed E-state index contributed by atoms with van der Waals surface area (Å²) in [5.41, 5.74) is 0.469. The van der Waals surface area contributed by atoms with Crippen LogP contribution in [-0.2, 0) is 19.1 Å². The smallest absolute Gasteiger partial charge is 0.313 e. The van der Waals surface area contributed by atoms with Crippen LogP contribution in [-0.4, -0.2) is 43.5 Å². The van der Waals surface area contributed by atoms with Gasteiger partial charge in [-0.2, -0.15) is 0 Å². The average Bonchev–Trinajstić information content (AvgIpc) is 3.04. The van der Waals surface area contributed by atoms with Gasteiger partial charge < -0.3 is 24.8 Å². The number of carbonyl (C=O) groups excluding carboxylic acids is 2. The molecule has 1 saturated carbocycles. The van der Waals surface area contributed by atoms with E-state index in [0.717, 1.165) is 25.7 Å². The molecule has 2 aliphatic rings. The molecule has 2 amide bonds. The summed E-state index contributed by atoms with van der Waals surface area (Å²) in [6.07, 6.45) is 4.97. The van der Waals surface area contributed by atoms with Crippen molar-refractivity contribution >= 4 is 17.5 Å². The predicted octanol–water partition coefficient (Wildman–Crippen LogP) is 2.22. The number of benzene rings is 1. The molecule has 0 radical (unpaired) electrons. The number of amides is 2. The van der Waals surface area contributed by atoms with E-state index in [9.17, 15) is 9.59 Å². The second-order valence-electron chi connectivity index (χ2n) is 6.62. The molecule has 2 N–H and O–H groups in total. The number of anilines is 1. The molecule has 0 aromatic heterocycles. The van der Waals surface area contributed by atoms with E-state index in [2.05, 4.69) is 10.6 Å². The average molecular weight is 362 g/mol. The van der Waals surface area contributed by atoms with Crippen LogP contribution >= 0.6 is 0 Å². The predicted molar refractivity (Wildman–Crippen MR) is 95.9 cm³/mol. The van der Waals surface area contributed by atoms with Gasteiger partial charge in [-0.25, -0.2) is 0 Å². The number of hydrogen-bond acceptors (Lipinski definition) is 5. The molecule has 7 nitrogen and oxygen atoms in total. The molecule has 142 valence electrons. The van der Waals surface area contributed by atoms with Crippen LogP contribution < -0.4 is 15.4 Å². The number of rotatable bonds is 5. The van der Waals surface area contributed by atoms with Crippen molar-refractivity contribution in [1.29, 1.82) is 0 Å². The Morgan fingerprint density at radius 1 is 1.19 bits per heavy atom. The molecule has 1 aliphatic heterocycles. The van der Waals surface area contributed by atoms with E-state index >= 15 is 0 Å². The summed E-state index contributed by atoms with van der Waals surface area (Å²) in [6.45, 7) is 3.02. The van der Waals surface area contributed by atoms with Crippen molar-refractivity contribution in [1.82, 2.24) is 5.32 Å². The maximum Gasteiger partial charge on any atom is 0.313 e. The summed E-state index contributed by atoms with van der Waals surface area (Å²) in [4.78, 5) is 24.2. The molecule has 1 atom stereocenters. The van der Waals surface area contributed by atoms with Crippen LogP contribution in [0.2, 0.25) is 0 Å². The highest BCUT2D eigenvalue weighted by atomic mass is 16.7. The van der Waals surface area contributed by atoms with E-state index in [-0.39, 0.29) is 12.6 Å². The fourth-order valence-electron chi connectivity index (χ4n) is 3.39. The molecular weight excluding hydrogens is 336 g/mol. The van der Waals surface area contributed by atoms with Gasteiger partial charge in [0.05, 0.1) is 18.9 Å². The van der Waals surface area contributed by atoms with Crippen molar-refractivity contribution in [2.45, 2.75) is 50.9 Å². The standard InChI is InChI=1S/C19H26N2O5/c1-2-24-16-9-5-4-8-15(16)21-18(23)17(22)20-12-14-13-25-19(26-14)10-6-3-7-11-19/h4-5,8-9,14H,2-3,6-7,10-13H2,1H3,(H,20,22)(H,21,23). The van der Waals surface area contributed by atoms with Gasteiger partial charge in [-0.15, -0.1) is 0 Å². The highest BCUT2D eigenvalue weighted by Gasteiger charge is 2.42. The van der Waals surface area contributed by atoms with Crippen LogP contribution in [0.4, 0.5) is 5.69 Å². The van der Waals surface area contributed by atoms with Crippen molar-refractivity contribution in [3.05, 3.63) is 24.3 Å². The van der Waals surface area contributed by atoms with Crippen molar-refractivity contribution in [2.75, 3.05) is 25.1 Å². The lowest BCUT2D eigenvalue weighted by Gasteiger charge is -2.31. The van der Waals surface area contributed by atoms with Crippen LogP contribution in [0.1, 0.15) is 39.0 Å². The van der Waals surface area contributed by atoms with E-state index in [1.807, 2.05) is 6.92 Å². The van der Waals surface area contributed by atoms with Gasteiger partial charge in [0.15, 0.2) is 5.79 Å². The second kappa shape index (κ2) is 8.51. The molecule has 1 unspecified atom stereocenters. The minimum Gasteiger partial charge on any atom is -0.492 e. The summed E-state index contributed by atoms with van der Waals surface area (Å²) < 4.78 is 17.3. The van der Waals surface area contributed by atoms with Gasteiger partial charge in [0.2, 0.25) is 0 Å². The molecule has 1 aromatic rings. The number of hydrogen-bond donors (Lipinski definition) is 2. The first-order valence-corrected chi connectivity index (χ1v) is 9.25. The third kappa shape index (κ3) is 4.53. The molecule has 2 fully saturated rings. The van der Waals surface area contributed by atoms with Gasteiger partial charge in [-0.3, -0.25) is 9.59 Å². The molecule has 3 rings (SSSR count). The van der Waals surface area contributed by atoms with Gasteiger partial charge in [0, 0.05) is 19.4 Å². The van der Waals surface area contributed by atoms with Gasteiger partial charge in [-0.1, -0.05) is 18.6 Å². The Morgan fingerprint density at radius 2 is 1.96 bits per heavy atom. The lowest BCUT2D eigenvalue weighted by Crippen LogP contribution is -2.41. The van der Waals surface area contributed by atoms with E-state index < -0.39 is 17.6 Å². The van der Waals surface area contributed by atoms with Gasteiger partial charge in [0.1, 0.15) is 11.9 Å². The number of para-hydroxylation sites is 2. The lowest BCUT2D eigenvalue weighted by molar-refractivity contribution is -0.186. The first-order valence-electron chi connectivity index (χ1n) is 9.25. The number of ether oxygens (including phenoxy) is 3. The first-order chi connectivity index (χ1) is 12.6. The molecule has 1 spiro atoms. The van der Waals surface area contributed by atoms with Crippen molar-refractivity contribution in [3.63, 3.8) is 0 Å². The maximum absolute atomic E-state index is 12.1. The Bertz CT molecular complexity index is 643. The van der Waals surface area contributed by atoms with Crippen molar-refractivity contribution in [2.24, 2.45) is 0 Å². The van der Waals surface area contributed by atoms with Gasteiger partial charge in [0.25, 0.3) is 0 Å². The first kappa shape index (κ1) is 18.7. The molecule has 1 aromatic carbocycles. The molecule has 1 saturated heterocycles. The van der Waals surface area contributed by atoms with Gasteiger partial charge in [-0.05, 0) is 31.9 Å². The minimum atomic E-state index is -0.733. The molecule has 7 heteroatoms. The Hall–Kier alpha value is -2.12. The third-order valence-electron chi connectivity index (χ3n) is 4.66. The van der Waals surface area contributed by atoms with Crippen LogP contribution in [0, 0.1) is 0 Å². The quantitative estimate of drug-likeness (QED) is 0.785. The Balaban J connectivity index is 1.47. The molecular formula is C19H26N2O5. The summed E-state index contributed by atoms with van der Waals surface area (Å²) in [6, 6.07) is 7.00. The Morgan fingerprint density at radius 3 is 2.73 bits per heavy atom. The fourth-order valence-corrected chi connectivity index (χ4v) is 3.39. The van der Waals surface area contributed by atoms with E-state index in [1.165, 1.54) is 6.42 Å². The largest absolute Gasteiger partial charge is 0.492 e. The molecule has 1 heterocycles. The van der Waals surface area contributed by atoms with Gasteiger partial charge >= 0.3 is 11.8 Å². The van der Waals surface area contributed by atoms with E-state index in [1.54, 1.807) is 24.3 Å². The third-order valence-corrected chi connectivity index (χ3v) is 4.66. The molecule has 1 aliphatic carbocycles. The van der Waals surface area contributed by atoms with E-state index in [0.29, 0.717) is 24.7 Å². The monoisotopic (exact) mass is 362 g/mol. The van der Waals surface area contributed by atoms with Crippen molar-refractivity contribution in [3.8, 4) is 5.75 Å². The maximum atomic E-state index is 12.1. The topological polar surface area (TPSA) is 85.9 Å². The molecule has 26 heavy (non-hydrogen) atoms. The summed E-state index contributed by atoms with van der Waals surface area (Å²) in [5.74, 6) is -1.39. The number of carbonyl (C=O) groups is 2. The van der Waals surface area contributed by atoms with Crippen LogP contribution in [0.5, 0.6) is 5.75 Å². The normalized spacial score (nSPS) is 21.3. The summed E-state index contributed by atoms with van der Waals surface area (Å²) in [5, 5.41) is 5.20. The second-order valence-corrected chi connectivity index (χ2v) is 6.62. The van der Waals surface area contributed by atoms with Crippen LogP contribution in [0.15, 0.2) is 24.3 Å². The van der Waals surface area contributed by atoms with E-state index in [4.69, 9.17) is 14.2 Å². The minimum absolute atomic E-state index is 0.222.